The molecule has 0 spiro atoms. The molecule has 5 N–H and O–H groups in total. The van der Waals surface area contributed by atoms with Crippen molar-refractivity contribution < 1.29 is 19.5 Å². The summed E-state index contributed by atoms with van der Waals surface area (Å²) in [6.07, 6.45) is 3.42. The van der Waals surface area contributed by atoms with Crippen LogP contribution >= 0.6 is 0 Å². The molecule has 0 aromatic rings. The van der Waals surface area contributed by atoms with E-state index < -0.39 is 23.8 Å². The van der Waals surface area contributed by atoms with Gasteiger partial charge in [-0.05, 0) is 12.8 Å². The molecule has 0 bridgehead atoms. The van der Waals surface area contributed by atoms with Crippen molar-refractivity contribution in [1.82, 2.24) is 10.6 Å². The van der Waals surface area contributed by atoms with E-state index >= 15 is 0 Å². The van der Waals surface area contributed by atoms with Gasteiger partial charge in [-0.2, -0.15) is 0 Å². The van der Waals surface area contributed by atoms with Gasteiger partial charge in [0.25, 0.3) is 0 Å². The van der Waals surface area contributed by atoms with E-state index in [0.717, 1.165) is 25.7 Å². The Hall–Kier alpha value is -1.63. The van der Waals surface area contributed by atoms with E-state index in [1.807, 2.05) is 0 Å². The first-order valence-corrected chi connectivity index (χ1v) is 5.97. The lowest BCUT2D eigenvalue weighted by molar-refractivity contribution is -0.138. The molecule has 18 heavy (non-hydrogen) atoms. The molecule has 0 aromatic carbocycles. The third-order valence-corrected chi connectivity index (χ3v) is 3.28. The van der Waals surface area contributed by atoms with Gasteiger partial charge in [-0.25, -0.2) is 0 Å². The van der Waals surface area contributed by atoms with E-state index in [4.69, 9.17) is 10.8 Å². The molecule has 7 heteroatoms. The predicted octanol–water partition coefficient (Wildman–Crippen LogP) is -1.18. The minimum Gasteiger partial charge on any atom is -0.480 e. The summed E-state index contributed by atoms with van der Waals surface area (Å²) in [7, 11) is 0. The van der Waals surface area contributed by atoms with Crippen LogP contribution in [0.25, 0.3) is 0 Å². The third-order valence-electron chi connectivity index (χ3n) is 3.28. The number of carbonyl (C=O) groups is 3. The van der Waals surface area contributed by atoms with E-state index in [-0.39, 0.29) is 19.0 Å². The lowest BCUT2D eigenvalue weighted by Crippen LogP contribution is -2.47. The van der Waals surface area contributed by atoms with Gasteiger partial charge in [0.2, 0.25) is 11.8 Å². The van der Waals surface area contributed by atoms with E-state index in [9.17, 15) is 14.4 Å². The molecule has 1 aliphatic rings. The fourth-order valence-corrected chi connectivity index (χ4v) is 2.16. The van der Waals surface area contributed by atoms with Gasteiger partial charge in [-0.15, -0.1) is 0 Å². The molecule has 0 aliphatic heterocycles. The minimum absolute atomic E-state index is 0.214. The topological polar surface area (TPSA) is 122 Å². The van der Waals surface area contributed by atoms with Crippen molar-refractivity contribution in [3.05, 3.63) is 0 Å². The van der Waals surface area contributed by atoms with E-state index in [0.29, 0.717) is 0 Å². The Morgan fingerprint density at radius 2 is 1.72 bits per heavy atom. The Balaban J connectivity index is 2.36. The van der Waals surface area contributed by atoms with Gasteiger partial charge in [0, 0.05) is 6.54 Å². The maximum Gasteiger partial charge on any atom is 0.322 e. The van der Waals surface area contributed by atoms with E-state index in [1.165, 1.54) is 0 Å². The summed E-state index contributed by atoms with van der Waals surface area (Å²) < 4.78 is 0. The molecule has 0 heterocycles. The van der Waals surface area contributed by atoms with Gasteiger partial charge in [0.1, 0.15) is 6.54 Å². The van der Waals surface area contributed by atoms with Gasteiger partial charge in [-0.3, -0.25) is 14.4 Å². The molecule has 0 unspecified atom stereocenters. The Morgan fingerprint density at radius 1 is 1.11 bits per heavy atom. The molecule has 0 saturated heterocycles. The second-order valence-corrected chi connectivity index (χ2v) is 4.54. The second-order valence-electron chi connectivity index (χ2n) is 4.54. The van der Waals surface area contributed by atoms with Crippen LogP contribution in [0.1, 0.15) is 25.7 Å². The highest BCUT2D eigenvalue weighted by Crippen LogP contribution is 2.37. The van der Waals surface area contributed by atoms with Crippen molar-refractivity contribution in [3.8, 4) is 0 Å². The summed E-state index contributed by atoms with van der Waals surface area (Å²) in [5.74, 6) is -1.85. The van der Waals surface area contributed by atoms with Crippen LogP contribution in [-0.2, 0) is 14.4 Å². The molecule has 1 rings (SSSR count). The number of rotatable bonds is 6. The molecular weight excluding hydrogens is 238 g/mol. The van der Waals surface area contributed by atoms with Gasteiger partial charge in [0.05, 0.1) is 12.0 Å². The number of carboxylic acid groups (broad SMARTS) is 1. The molecule has 2 amide bonds. The van der Waals surface area contributed by atoms with Crippen LogP contribution in [0, 0.1) is 5.41 Å². The highest BCUT2D eigenvalue weighted by molar-refractivity contribution is 5.89. The minimum atomic E-state index is -1.12. The molecule has 102 valence electrons. The van der Waals surface area contributed by atoms with Crippen molar-refractivity contribution >= 4 is 17.8 Å². The lowest BCUT2D eigenvalue weighted by atomic mass is 9.85. The van der Waals surface area contributed by atoms with Crippen LogP contribution in [-0.4, -0.2) is 42.5 Å². The molecule has 0 radical (unpaired) electrons. The number of aliphatic carboxylic acids is 1. The van der Waals surface area contributed by atoms with Crippen molar-refractivity contribution in [3.63, 3.8) is 0 Å². The Bertz CT molecular complexity index is 337. The monoisotopic (exact) mass is 257 g/mol. The highest BCUT2D eigenvalue weighted by Gasteiger charge is 2.39. The Labute approximate surface area is 105 Å². The van der Waals surface area contributed by atoms with Gasteiger partial charge in [0.15, 0.2) is 0 Å². The first kappa shape index (κ1) is 14.4. The number of carbonyl (C=O) groups excluding carboxylic acids is 2. The maximum atomic E-state index is 12.0. The van der Waals surface area contributed by atoms with Crippen molar-refractivity contribution in [2.24, 2.45) is 11.1 Å². The fourth-order valence-electron chi connectivity index (χ4n) is 2.16. The smallest absolute Gasteiger partial charge is 0.322 e. The highest BCUT2D eigenvalue weighted by atomic mass is 16.4. The molecule has 1 saturated carbocycles. The van der Waals surface area contributed by atoms with Crippen molar-refractivity contribution in [1.29, 1.82) is 0 Å². The summed E-state index contributed by atoms with van der Waals surface area (Å²) in [5, 5.41) is 13.1. The number of nitrogens with two attached hydrogens (primary N) is 1. The van der Waals surface area contributed by atoms with Crippen LogP contribution < -0.4 is 16.4 Å². The van der Waals surface area contributed by atoms with Crippen LogP contribution in [0.3, 0.4) is 0 Å². The summed E-state index contributed by atoms with van der Waals surface area (Å²) in [4.78, 5) is 33.4. The van der Waals surface area contributed by atoms with Crippen LogP contribution in [0.5, 0.6) is 0 Å². The summed E-state index contributed by atoms with van der Waals surface area (Å²) in [6.45, 7) is -0.389. The summed E-state index contributed by atoms with van der Waals surface area (Å²) >= 11 is 0. The van der Waals surface area contributed by atoms with Crippen molar-refractivity contribution in [2.75, 3.05) is 19.6 Å². The molecule has 1 aliphatic carbocycles. The quantitative estimate of drug-likeness (QED) is 0.477. The predicted molar refractivity (Wildman–Crippen MR) is 63.6 cm³/mol. The van der Waals surface area contributed by atoms with Crippen LogP contribution in [0.15, 0.2) is 0 Å². The average Bonchev–Trinajstić information content (AvgIpc) is 2.83. The summed E-state index contributed by atoms with van der Waals surface area (Å²) in [5.41, 5.74) is 5.09. The zero-order valence-electron chi connectivity index (χ0n) is 10.2. The second kappa shape index (κ2) is 6.34. The van der Waals surface area contributed by atoms with Gasteiger partial charge >= 0.3 is 5.97 Å². The zero-order valence-corrected chi connectivity index (χ0v) is 10.2. The van der Waals surface area contributed by atoms with Gasteiger partial charge in [-0.1, -0.05) is 12.8 Å². The number of nitrogens with one attached hydrogen (secondary N) is 2. The third kappa shape index (κ3) is 3.69. The maximum absolute atomic E-state index is 12.0. The Kier molecular flexibility index (Phi) is 5.08. The Morgan fingerprint density at radius 3 is 2.22 bits per heavy atom. The first-order valence-electron chi connectivity index (χ1n) is 5.97. The number of hydrogen-bond acceptors (Lipinski definition) is 4. The molecule has 7 nitrogen and oxygen atoms in total. The normalized spacial score (nSPS) is 17.2. The number of amides is 2. The number of hydrogen-bond donors (Lipinski definition) is 4. The molecular formula is C11H19N3O4. The standard InChI is InChI=1S/C11H19N3O4/c12-7-11(3-1-2-4-11)10(18)14-5-8(15)13-6-9(16)17/h1-7,12H2,(H,13,15)(H,14,18)(H,16,17). The molecule has 0 aromatic heterocycles. The number of carboxylic acids is 1. The zero-order chi connectivity index (χ0) is 13.6. The van der Waals surface area contributed by atoms with E-state index in [2.05, 4.69) is 10.6 Å². The van der Waals surface area contributed by atoms with Gasteiger partial charge < -0.3 is 21.5 Å². The largest absolute Gasteiger partial charge is 0.480 e. The van der Waals surface area contributed by atoms with Crippen LogP contribution in [0.4, 0.5) is 0 Å². The summed E-state index contributed by atoms with van der Waals surface area (Å²) in [6, 6.07) is 0. The molecule has 1 fully saturated rings. The van der Waals surface area contributed by atoms with Crippen LogP contribution in [0.2, 0.25) is 0 Å². The van der Waals surface area contributed by atoms with E-state index in [1.54, 1.807) is 0 Å². The SMILES string of the molecule is NCC1(C(=O)NCC(=O)NCC(=O)O)CCCC1. The fraction of sp³-hybridized carbons (Fsp3) is 0.727. The van der Waals surface area contributed by atoms with Crippen molar-refractivity contribution in [2.45, 2.75) is 25.7 Å². The molecule has 0 atom stereocenters. The average molecular weight is 257 g/mol. The lowest BCUT2D eigenvalue weighted by Gasteiger charge is -2.25. The first-order chi connectivity index (χ1) is 8.50.